The number of halogens is 1. The highest BCUT2D eigenvalue weighted by molar-refractivity contribution is 5.85. The molecule has 0 aliphatic heterocycles. The minimum atomic E-state index is -0.815. The number of rotatable bonds is 4. The molecule has 1 aromatic rings. The van der Waals surface area contributed by atoms with Gasteiger partial charge in [-0.3, -0.25) is 0 Å². The highest BCUT2D eigenvalue weighted by atomic mass is 35.5. The molecular weight excluding hydrogens is 226 g/mol. The largest absolute Gasteiger partial charge is 0.491 e. The van der Waals surface area contributed by atoms with Crippen LogP contribution in [-0.2, 0) is 0 Å². The van der Waals surface area contributed by atoms with E-state index >= 15 is 0 Å². The molecule has 0 saturated carbocycles. The zero-order valence-corrected chi connectivity index (χ0v) is 10.8. The van der Waals surface area contributed by atoms with Crippen molar-refractivity contribution in [3.05, 3.63) is 29.8 Å². The van der Waals surface area contributed by atoms with Crippen molar-refractivity contribution in [2.75, 3.05) is 6.61 Å². The summed E-state index contributed by atoms with van der Waals surface area (Å²) in [6.07, 6.45) is 0. The molecule has 0 aromatic heterocycles. The van der Waals surface area contributed by atoms with Crippen LogP contribution in [-0.4, -0.2) is 17.3 Å². The number of benzene rings is 1. The number of hydrogen-bond acceptors (Lipinski definition) is 3. The van der Waals surface area contributed by atoms with Crippen molar-refractivity contribution in [3.8, 4) is 5.75 Å². The predicted octanol–water partition coefficient (Wildman–Crippen LogP) is 2.28. The third-order valence-corrected chi connectivity index (χ3v) is 1.98. The van der Waals surface area contributed by atoms with Crippen molar-refractivity contribution >= 4 is 12.4 Å². The summed E-state index contributed by atoms with van der Waals surface area (Å²) < 4.78 is 5.46. The van der Waals surface area contributed by atoms with E-state index in [0.29, 0.717) is 0 Å². The summed E-state index contributed by atoms with van der Waals surface area (Å²) >= 11 is 0. The van der Waals surface area contributed by atoms with Crippen LogP contribution in [0.4, 0.5) is 0 Å². The second kappa shape index (κ2) is 6.09. The van der Waals surface area contributed by atoms with E-state index < -0.39 is 5.60 Å². The summed E-state index contributed by atoms with van der Waals surface area (Å²) in [5.41, 5.74) is 5.98. The highest BCUT2D eigenvalue weighted by Gasteiger charge is 2.13. The lowest BCUT2D eigenvalue weighted by Gasteiger charge is -2.18. The number of ether oxygens (including phenoxy) is 1. The average molecular weight is 246 g/mol. The van der Waals surface area contributed by atoms with Crippen molar-refractivity contribution in [2.24, 2.45) is 5.73 Å². The molecule has 0 aliphatic carbocycles. The van der Waals surface area contributed by atoms with Gasteiger partial charge in [-0.15, -0.1) is 12.4 Å². The van der Waals surface area contributed by atoms with E-state index in [1.807, 2.05) is 31.2 Å². The average Bonchev–Trinajstić information content (AvgIpc) is 2.14. The lowest BCUT2D eigenvalue weighted by molar-refractivity contribution is 0.0284. The molecular formula is C12H20ClNO2. The van der Waals surface area contributed by atoms with E-state index in [2.05, 4.69) is 0 Å². The summed E-state index contributed by atoms with van der Waals surface area (Å²) in [7, 11) is 0. The van der Waals surface area contributed by atoms with Crippen LogP contribution in [0.3, 0.4) is 0 Å². The molecule has 0 unspecified atom stereocenters. The Morgan fingerprint density at radius 2 is 2.06 bits per heavy atom. The molecule has 0 spiro atoms. The van der Waals surface area contributed by atoms with Crippen LogP contribution in [0.5, 0.6) is 5.75 Å². The lowest BCUT2D eigenvalue weighted by Crippen LogP contribution is -2.27. The maximum Gasteiger partial charge on any atom is 0.119 e. The van der Waals surface area contributed by atoms with Gasteiger partial charge in [0.2, 0.25) is 0 Å². The molecule has 0 radical (unpaired) electrons. The molecule has 1 atom stereocenters. The van der Waals surface area contributed by atoms with Gasteiger partial charge in [0.05, 0.1) is 5.60 Å². The second-order valence-corrected chi connectivity index (χ2v) is 4.46. The molecule has 0 fully saturated rings. The van der Waals surface area contributed by atoms with E-state index in [1.54, 1.807) is 13.8 Å². The fourth-order valence-corrected chi connectivity index (χ4v) is 1.15. The van der Waals surface area contributed by atoms with E-state index in [9.17, 15) is 5.11 Å². The SMILES string of the molecule is C[C@@H](N)c1cccc(OCC(C)(C)O)c1.Cl. The van der Waals surface area contributed by atoms with Crippen LogP contribution in [0.1, 0.15) is 32.4 Å². The first-order valence-corrected chi connectivity index (χ1v) is 5.09. The fourth-order valence-electron chi connectivity index (χ4n) is 1.15. The van der Waals surface area contributed by atoms with Gasteiger partial charge in [-0.25, -0.2) is 0 Å². The highest BCUT2D eigenvalue weighted by Crippen LogP contribution is 2.18. The number of hydrogen-bond donors (Lipinski definition) is 2. The van der Waals surface area contributed by atoms with Crippen molar-refractivity contribution < 1.29 is 9.84 Å². The van der Waals surface area contributed by atoms with Crippen LogP contribution >= 0.6 is 12.4 Å². The molecule has 3 N–H and O–H groups in total. The smallest absolute Gasteiger partial charge is 0.119 e. The molecule has 0 bridgehead atoms. The van der Waals surface area contributed by atoms with E-state index in [4.69, 9.17) is 10.5 Å². The van der Waals surface area contributed by atoms with Crippen LogP contribution < -0.4 is 10.5 Å². The maximum atomic E-state index is 9.51. The predicted molar refractivity (Wildman–Crippen MR) is 68.1 cm³/mol. The Labute approximate surface area is 103 Å². The monoisotopic (exact) mass is 245 g/mol. The first kappa shape index (κ1) is 15.2. The van der Waals surface area contributed by atoms with Crippen LogP contribution in [0.2, 0.25) is 0 Å². The maximum absolute atomic E-state index is 9.51. The van der Waals surface area contributed by atoms with Crippen LogP contribution in [0.25, 0.3) is 0 Å². The minimum Gasteiger partial charge on any atom is -0.491 e. The standard InChI is InChI=1S/C12H19NO2.ClH/c1-9(13)10-5-4-6-11(7-10)15-8-12(2,3)14;/h4-7,9,14H,8,13H2,1-3H3;1H/t9-;/m1./s1. The Kier molecular flexibility index (Phi) is 5.79. The van der Waals surface area contributed by atoms with Gasteiger partial charge < -0.3 is 15.6 Å². The van der Waals surface area contributed by atoms with Gasteiger partial charge in [-0.2, -0.15) is 0 Å². The van der Waals surface area contributed by atoms with Crippen molar-refractivity contribution in [3.63, 3.8) is 0 Å². The summed E-state index contributed by atoms with van der Waals surface area (Å²) in [6, 6.07) is 7.62. The van der Waals surface area contributed by atoms with Crippen LogP contribution in [0, 0.1) is 0 Å². The molecule has 0 heterocycles. The number of nitrogens with two attached hydrogens (primary N) is 1. The first-order valence-electron chi connectivity index (χ1n) is 5.09. The van der Waals surface area contributed by atoms with Gasteiger partial charge in [0.15, 0.2) is 0 Å². The third kappa shape index (κ3) is 5.35. The molecule has 1 aromatic carbocycles. The van der Waals surface area contributed by atoms with E-state index in [1.165, 1.54) is 0 Å². The van der Waals surface area contributed by atoms with Gasteiger partial charge in [-0.05, 0) is 38.5 Å². The Morgan fingerprint density at radius 1 is 1.44 bits per heavy atom. The topological polar surface area (TPSA) is 55.5 Å². The zero-order valence-electron chi connectivity index (χ0n) is 9.93. The Hall–Kier alpha value is -0.770. The molecule has 0 saturated heterocycles. The molecule has 4 heteroatoms. The van der Waals surface area contributed by atoms with Gasteiger partial charge in [0.25, 0.3) is 0 Å². The van der Waals surface area contributed by atoms with Crippen molar-refractivity contribution in [1.82, 2.24) is 0 Å². The molecule has 1 rings (SSSR count). The zero-order chi connectivity index (χ0) is 11.5. The molecule has 92 valence electrons. The summed E-state index contributed by atoms with van der Waals surface area (Å²) in [4.78, 5) is 0. The number of aliphatic hydroxyl groups is 1. The molecule has 0 amide bonds. The van der Waals surface area contributed by atoms with Crippen molar-refractivity contribution in [1.29, 1.82) is 0 Å². The van der Waals surface area contributed by atoms with Gasteiger partial charge in [0.1, 0.15) is 12.4 Å². The van der Waals surface area contributed by atoms with Gasteiger partial charge in [0, 0.05) is 6.04 Å². The Morgan fingerprint density at radius 3 is 2.56 bits per heavy atom. The summed E-state index contributed by atoms with van der Waals surface area (Å²) in [5.74, 6) is 0.743. The molecule has 16 heavy (non-hydrogen) atoms. The normalized spacial score (nSPS) is 12.8. The third-order valence-electron chi connectivity index (χ3n) is 1.98. The van der Waals surface area contributed by atoms with Crippen molar-refractivity contribution in [2.45, 2.75) is 32.4 Å². The summed E-state index contributed by atoms with van der Waals surface area (Å²) in [5, 5.41) is 9.51. The van der Waals surface area contributed by atoms with Crippen LogP contribution in [0.15, 0.2) is 24.3 Å². The van der Waals surface area contributed by atoms with E-state index in [0.717, 1.165) is 11.3 Å². The fraction of sp³-hybridized carbons (Fsp3) is 0.500. The molecule has 0 aliphatic rings. The Balaban J connectivity index is 0.00000225. The van der Waals surface area contributed by atoms with Gasteiger partial charge >= 0.3 is 0 Å². The first-order chi connectivity index (χ1) is 6.88. The quantitative estimate of drug-likeness (QED) is 0.856. The molecule has 3 nitrogen and oxygen atoms in total. The Bertz CT molecular complexity index is 321. The van der Waals surface area contributed by atoms with E-state index in [-0.39, 0.29) is 25.1 Å². The summed E-state index contributed by atoms with van der Waals surface area (Å²) in [6.45, 7) is 5.62. The van der Waals surface area contributed by atoms with Gasteiger partial charge in [-0.1, -0.05) is 12.1 Å². The second-order valence-electron chi connectivity index (χ2n) is 4.46. The lowest BCUT2D eigenvalue weighted by atomic mass is 10.1. The minimum absolute atomic E-state index is 0.